The summed E-state index contributed by atoms with van der Waals surface area (Å²) in [5.74, 6) is -1.45. The summed E-state index contributed by atoms with van der Waals surface area (Å²) >= 11 is 0. The number of aliphatic hydroxyl groups is 1. The van der Waals surface area contributed by atoms with Crippen molar-refractivity contribution >= 4 is 11.7 Å². The van der Waals surface area contributed by atoms with Gasteiger partial charge >= 0.3 is 0 Å². The minimum atomic E-state index is -0.813. The summed E-state index contributed by atoms with van der Waals surface area (Å²) in [7, 11) is 0. The topological polar surface area (TPSA) is 114 Å². The standard InChI is InChI=1S/C23H27FN4O2/c1-3-12-27-23(21(29)20(25)17-6-4-5-15(2)7-9-17)28-13-11-16-8-10-18(22(26)30)19(24)14-16/h3-4,6-10,12,14,29H,5,11,13,25H2,1-2H3,(H2,26,30)(H,27,28)/b12-3-,21-20+. The summed E-state index contributed by atoms with van der Waals surface area (Å²) in [5, 5.41) is 13.6. The maximum atomic E-state index is 13.9. The lowest BCUT2D eigenvalue weighted by Crippen LogP contribution is -2.24. The van der Waals surface area contributed by atoms with Gasteiger partial charge in [0.25, 0.3) is 5.91 Å². The van der Waals surface area contributed by atoms with Crippen molar-refractivity contribution in [3.8, 4) is 0 Å². The van der Waals surface area contributed by atoms with Gasteiger partial charge in [-0.25, -0.2) is 4.39 Å². The van der Waals surface area contributed by atoms with Gasteiger partial charge < -0.3 is 21.9 Å². The molecule has 1 aliphatic carbocycles. The molecule has 158 valence electrons. The Labute approximate surface area is 175 Å². The summed E-state index contributed by atoms with van der Waals surface area (Å²) in [6, 6.07) is 4.23. The highest BCUT2D eigenvalue weighted by Gasteiger charge is 2.13. The maximum absolute atomic E-state index is 13.9. The summed E-state index contributed by atoms with van der Waals surface area (Å²) in [6.45, 7) is 4.10. The van der Waals surface area contributed by atoms with Crippen LogP contribution in [0.4, 0.5) is 4.39 Å². The Morgan fingerprint density at radius 1 is 1.33 bits per heavy atom. The van der Waals surface area contributed by atoms with Crippen molar-refractivity contribution in [3.05, 3.63) is 94.3 Å². The van der Waals surface area contributed by atoms with Gasteiger partial charge in [-0.2, -0.15) is 0 Å². The molecule has 0 aliphatic heterocycles. The minimum Gasteiger partial charge on any atom is -0.503 e. The lowest BCUT2D eigenvalue weighted by molar-refractivity contribution is 0.0996. The van der Waals surface area contributed by atoms with Crippen molar-refractivity contribution < 1.29 is 14.3 Å². The van der Waals surface area contributed by atoms with Crippen LogP contribution in [0.25, 0.3) is 0 Å². The molecule has 1 aliphatic rings. The van der Waals surface area contributed by atoms with Crippen molar-refractivity contribution in [1.82, 2.24) is 5.32 Å². The number of hydrogen-bond donors (Lipinski definition) is 4. The van der Waals surface area contributed by atoms with Crippen molar-refractivity contribution in [2.45, 2.75) is 26.7 Å². The summed E-state index contributed by atoms with van der Waals surface area (Å²) in [5.41, 5.74) is 13.9. The van der Waals surface area contributed by atoms with Crippen LogP contribution in [0.1, 0.15) is 36.2 Å². The Morgan fingerprint density at radius 3 is 2.77 bits per heavy atom. The van der Waals surface area contributed by atoms with E-state index in [9.17, 15) is 14.3 Å². The van der Waals surface area contributed by atoms with E-state index in [0.29, 0.717) is 17.6 Å². The number of primary amides is 1. The van der Waals surface area contributed by atoms with Gasteiger partial charge in [-0.05, 0) is 50.6 Å². The van der Waals surface area contributed by atoms with Crippen molar-refractivity contribution in [3.63, 3.8) is 0 Å². The Kier molecular flexibility index (Phi) is 8.17. The highest BCUT2D eigenvalue weighted by molar-refractivity contribution is 5.98. The monoisotopic (exact) mass is 410 g/mol. The molecule has 0 fully saturated rings. The number of amidine groups is 1. The van der Waals surface area contributed by atoms with Gasteiger partial charge in [0.05, 0.1) is 11.3 Å². The zero-order valence-electron chi connectivity index (χ0n) is 17.2. The van der Waals surface area contributed by atoms with Crippen LogP contribution < -0.4 is 16.8 Å². The van der Waals surface area contributed by atoms with Gasteiger partial charge in [0.1, 0.15) is 5.82 Å². The molecule has 0 atom stereocenters. The molecule has 6 N–H and O–H groups in total. The van der Waals surface area contributed by atoms with Crippen LogP contribution >= 0.6 is 0 Å². The Hall–Kier alpha value is -3.61. The lowest BCUT2D eigenvalue weighted by Gasteiger charge is -2.10. The molecule has 0 heterocycles. The van der Waals surface area contributed by atoms with Crippen molar-refractivity contribution in [2.24, 2.45) is 16.5 Å². The molecule has 1 aromatic carbocycles. The number of nitrogens with two attached hydrogens (primary N) is 2. The second-order valence-electron chi connectivity index (χ2n) is 6.81. The summed E-state index contributed by atoms with van der Waals surface area (Å²) < 4.78 is 13.9. The molecule has 7 heteroatoms. The van der Waals surface area contributed by atoms with Gasteiger partial charge in [0.15, 0.2) is 11.6 Å². The molecule has 0 saturated carbocycles. The van der Waals surface area contributed by atoms with E-state index in [1.807, 2.05) is 38.2 Å². The first-order valence-corrected chi connectivity index (χ1v) is 9.57. The number of halogens is 1. The van der Waals surface area contributed by atoms with E-state index in [1.54, 1.807) is 18.3 Å². The number of hydrogen-bond acceptors (Lipinski definition) is 4. The molecule has 2 rings (SSSR count). The Balaban J connectivity index is 2.23. The van der Waals surface area contributed by atoms with Crippen LogP contribution in [-0.4, -0.2) is 23.4 Å². The van der Waals surface area contributed by atoms with E-state index in [-0.39, 0.29) is 29.4 Å². The fraction of sp³-hybridized carbons (Fsp3) is 0.217. The first kappa shape index (κ1) is 22.7. The van der Waals surface area contributed by atoms with E-state index in [4.69, 9.17) is 11.5 Å². The van der Waals surface area contributed by atoms with Gasteiger partial charge in [-0.15, -0.1) is 0 Å². The number of carbonyl (C=O) groups excluding carboxylic acids is 1. The third-order valence-electron chi connectivity index (χ3n) is 4.43. The number of aliphatic imine (C=N–C) groups is 1. The van der Waals surface area contributed by atoms with Gasteiger partial charge in [-0.3, -0.25) is 9.79 Å². The molecular formula is C23H27FN4O2. The summed E-state index contributed by atoms with van der Waals surface area (Å²) in [4.78, 5) is 15.5. The predicted octanol–water partition coefficient (Wildman–Crippen LogP) is 3.55. The first-order chi connectivity index (χ1) is 14.3. The van der Waals surface area contributed by atoms with Crippen LogP contribution in [-0.2, 0) is 6.42 Å². The quantitative estimate of drug-likeness (QED) is 0.313. The van der Waals surface area contributed by atoms with E-state index in [2.05, 4.69) is 10.3 Å². The fourth-order valence-electron chi connectivity index (χ4n) is 2.73. The number of amides is 1. The molecule has 0 aromatic heterocycles. The molecular weight excluding hydrogens is 383 g/mol. The molecule has 0 radical (unpaired) electrons. The van der Waals surface area contributed by atoms with Crippen molar-refractivity contribution in [1.29, 1.82) is 0 Å². The van der Waals surface area contributed by atoms with E-state index in [1.165, 1.54) is 17.7 Å². The zero-order valence-corrected chi connectivity index (χ0v) is 17.2. The average molecular weight is 410 g/mol. The minimum absolute atomic E-state index is 0.153. The molecule has 0 unspecified atom stereocenters. The number of aliphatic hydroxyl groups excluding tert-OH is 1. The number of nitrogens with one attached hydrogen (secondary N) is 1. The smallest absolute Gasteiger partial charge is 0.251 e. The van der Waals surface area contributed by atoms with E-state index >= 15 is 0 Å². The van der Waals surface area contributed by atoms with E-state index in [0.717, 1.165) is 6.42 Å². The summed E-state index contributed by atoms with van der Waals surface area (Å²) in [6.07, 6.45) is 12.2. The molecule has 1 amide bonds. The van der Waals surface area contributed by atoms with Gasteiger partial charge in [-0.1, -0.05) is 42.0 Å². The average Bonchev–Trinajstić information content (AvgIpc) is 2.93. The fourth-order valence-corrected chi connectivity index (χ4v) is 2.73. The highest BCUT2D eigenvalue weighted by atomic mass is 19.1. The second-order valence-corrected chi connectivity index (χ2v) is 6.81. The van der Waals surface area contributed by atoms with Crippen LogP contribution in [0.15, 0.2) is 82.4 Å². The largest absolute Gasteiger partial charge is 0.503 e. The number of nitrogens with zero attached hydrogens (tertiary/aromatic N) is 1. The van der Waals surface area contributed by atoms with E-state index < -0.39 is 11.7 Å². The third kappa shape index (κ3) is 6.20. The normalized spacial score (nSPS) is 15.4. The molecule has 6 nitrogen and oxygen atoms in total. The number of benzene rings is 1. The van der Waals surface area contributed by atoms with Crippen LogP contribution in [0.5, 0.6) is 0 Å². The second kappa shape index (κ2) is 10.8. The van der Waals surface area contributed by atoms with Crippen LogP contribution in [0, 0.1) is 5.82 Å². The Morgan fingerprint density at radius 2 is 2.10 bits per heavy atom. The molecule has 0 bridgehead atoms. The molecule has 0 spiro atoms. The first-order valence-electron chi connectivity index (χ1n) is 9.57. The SMILES string of the molecule is C/C=C\NC(=NCCc1ccc(C(N)=O)c(F)c1)/C(O)=C(\N)C1=CC=C(C)CC=C1. The van der Waals surface area contributed by atoms with Crippen LogP contribution in [0.3, 0.4) is 0 Å². The van der Waals surface area contributed by atoms with Gasteiger partial charge in [0, 0.05) is 12.1 Å². The number of rotatable bonds is 7. The number of carbonyl (C=O) groups is 1. The predicted molar refractivity (Wildman–Crippen MR) is 118 cm³/mol. The maximum Gasteiger partial charge on any atom is 0.251 e. The third-order valence-corrected chi connectivity index (χ3v) is 4.43. The van der Waals surface area contributed by atoms with Gasteiger partial charge in [0.2, 0.25) is 0 Å². The highest BCUT2D eigenvalue weighted by Crippen LogP contribution is 2.17. The van der Waals surface area contributed by atoms with Crippen molar-refractivity contribution in [2.75, 3.05) is 6.54 Å². The Bertz CT molecular complexity index is 985. The lowest BCUT2D eigenvalue weighted by atomic mass is 10.1. The zero-order chi connectivity index (χ0) is 22.1. The molecule has 1 aromatic rings. The number of allylic oxidation sites excluding steroid dienone is 6. The molecule has 30 heavy (non-hydrogen) atoms. The van der Waals surface area contributed by atoms with Crippen LogP contribution in [0.2, 0.25) is 0 Å². The molecule has 0 saturated heterocycles.